The molecular weight excluding hydrogens is 350 g/mol. The molecule has 1 aliphatic rings. The summed E-state index contributed by atoms with van der Waals surface area (Å²) in [7, 11) is 0. The van der Waals surface area contributed by atoms with Gasteiger partial charge in [-0.2, -0.15) is 4.98 Å². The third-order valence-corrected chi connectivity index (χ3v) is 5.43. The van der Waals surface area contributed by atoms with E-state index in [0.717, 1.165) is 37.1 Å². The molecule has 28 heavy (non-hydrogen) atoms. The number of aryl methyl sites for hydroxylation is 2. The fraction of sp³-hybridized carbons (Fsp3) is 0.348. The third kappa shape index (κ3) is 4.20. The maximum absolute atomic E-state index is 12.7. The SMILES string of the molecule is Cc1ccc(C(=O)C2CCN(Cc3nc(-c4ccc(C)cc4)no3)CC2)cc1. The standard InChI is InChI=1S/C23H25N3O2/c1-16-3-7-18(8-4-16)22(27)19-11-13-26(14-12-19)15-21-24-23(25-28-21)20-9-5-17(2)6-10-20/h3-10,19H,11-15H2,1-2H3. The molecule has 0 unspecified atom stereocenters. The average Bonchev–Trinajstić information content (AvgIpc) is 3.18. The van der Waals surface area contributed by atoms with Crippen LogP contribution in [0.3, 0.4) is 0 Å². The summed E-state index contributed by atoms with van der Waals surface area (Å²) in [5.41, 5.74) is 4.16. The van der Waals surface area contributed by atoms with Crippen molar-refractivity contribution in [2.75, 3.05) is 13.1 Å². The Hall–Kier alpha value is -2.79. The Morgan fingerprint density at radius 3 is 2.25 bits per heavy atom. The van der Waals surface area contributed by atoms with Crippen LogP contribution in [-0.2, 0) is 6.54 Å². The number of hydrogen-bond acceptors (Lipinski definition) is 5. The molecule has 4 rings (SSSR count). The maximum Gasteiger partial charge on any atom is 0.241 e. The molecule has 1 saturated heterocycles. The molecule has 0 bridgehead atoms. The van der Waals surface area contributed by atoms with Crippen molar-refractivity contribution in [1.82, 2.24) is 15.0 Å². The molecule has 2 heterocycles. The predicted octanol–water partition coefficient (Wildman–Crippen LogP) is 4.45. The van der Waals surface area contributed by atoms with Gasteiger partial charge in [-0.3, -0.25) is 9.69 Å². The molecule has 0 saturated carbocycles. The van der Waals surface area contributed by atoms with E-state index in [-0.39, 0.29) is 11.7 Å². The first-order valence-corrected chi connectivity index (χ1v) is 9.81. The van der Waals surface area contributed by atoms with Crippen LogP contribution in [0.15, 0.2) is 53.1 Å². The number of aromatic nitrogens is 2. The Morgan fingerprint density at radius 1 is 1.00 bits per heavy atom. The molecule has 5 nitrogen and oxygen atoms in total. The highest BCUT2D eigenvalue weighted by Crippen LogP contribution is 2.24. The van der Waals surface area contributed by atoms with Gasteiger partial charge >= 0.3 is 0 Å². The van der Waals surface area contributed by atoms with Gasteiger partial charge in [0.1, 0.15) is 0 Å². The summed E-state index contributed by atoms with van der Waals surface area (Å²) in [6, 6.07) is 16.0. The molecular formula is C23H25N3O2. The van der Waals surface area contributed by atoms with E-state index >= 15 is 0 Å². The van der Waals surface area contributed by atoms with Crippen LogP contribution in [0.25, 0.3) is 11.4 Å². The van der Waals surface area contributed by atoms with Gasteiger partial charge in [-0.05, 0) is 39.8 Å². The Bertz CT molecular complexity index is 937. The van der Waals surface area contributed by atoms with Crippen LogP contribution in [0.1, 0.15) is 40.2 Å². The molecule has 0 amide bonds. The van der Waals surface area contributed by atoms with Gasteiger partial charge in [0.25, 0.3) is 0 Å². The molecule has 0 radical (unpaired) electrons. The summed E-state index contributed by atoms with van der Waals surface area (Å²) < 4.78 is 5.44. The number of likely N-dealkylation sites (tertiary alicyclic amines) is 1. The van der Waals surface area contributed by atoms with E-state index in [2.05, 4.69) is 22.0 Å². The number of nitrogens with zero attached hydrogens (tertiary/aromatic N) is 3. The zero-order chi connectivity index (χ0) is 19.5. The number of hydrogen-bond donors (Lipinski definition) is 0. The highest BCUT2D eigenvalue weighted by molar-refractivity contribution is 5.97. The fourth-order valence-electron chi connectivity index (χ4n) is 3.64. The van der Waals surface area contributed by atoms with Crippen molar-refractivity contribution in [3.05, 3.63) is 71.1 Å². The number of carbonyl (C=O) groups is 1. The number of carbonyl (C=O) groups excluding carboxylic acids is 1. The maximum atomic E-state index is 12.7. The van der Waals surface area contributed by atoms with E-state index in [1.165, 1.54) is 11.1 Å². The highest BCUT2D eigenvalue weighted by atomic mass is 16.5. The number of rotatable bonds is 5. The van der Waals surface area contributed by atoms with Crippen LogP contribution in [-0.4, -0.2) is 33.9 Å². The number of Topliss-reactive ketones (excluding diaryl/α,β-unsaturated/α-hetero) is 1. The first-order chi connectivity index (χ1) is 13.6. The molecule has 1 fully saturated rings. The smallest absolute Gasteiger partial charge is 0.241 e. The predicted molar refractivity (Wildman–Crippen MR) is 108 cm³/mol. The van der Waals surface area contributed by atoms with Crippen LogP contribution >= 0.6 is 0 Å². The summed E-state index contributed by atoms with van der Waals surface area (Å²) in [5.74, 6) is 1.61. The lowest BCUT2D eigenvalue weighted by atomic mass is 9.88. The fourth-order valence-corrected chi connectivity index (χ4v) is 3.64. The molecule has 0 N–H and O–H groups in total. The first kappa shape index (κ1) is 18.6. The van der Waals surface area contributed by atoms with Crippen LogP contribution < -0.4 is 0 Å². The van der Waals surface area contributed by atoms with Gasteiger partial charge in [0.05, 0.1) is 6.54 Å². The number of ketones is 1. The second-order valence-corrected chi connectivity index (χ2v) is 7.66. The van der Waals surface area contributed by atoms with Gasteiger partial charge in [-0.15, -0.1) is 0 Å². The van der Waals surface area contributed by atoms with Crippen molar-refractivity contribution in [2.24, 2.45) is 5.92 Å². The summed E-state index contributed by atoms with van der Waals surface area (Å²) in [6.45, 7) is 6.45. The summed E-state index contributed by atoms with van der Waals surface area (Å²) in [5, 5.41) is 4.10. The van der Waals surface area contributed by atoms with E-state index < -0.39 is 0 Å². The van der Waals surface area contributed by atoms with Gasteiger partial charge in [-0.25, -0.2) is 0 Å². The van der Waals surface area contributed by atoms with Gasteiger partial charge in [0.2, 0.25) is 11.7 Å². The summed E-state index contributed by atoms with van der Waals surface area (Å²) in [4.78, 5) is 19.5. The Morgan fingerprint density at radius 2 is 1.61 bits per heavy atom. The molecule has 1 aromatic heterocycles. The molecule has 3 aromatic rings. The molecule has 2 aromatic carbocycles. The second-order valence-electron chi connectivity index (χ2n) is 7.66. The lowest BCUT2D eigenvalue weighted by molar-refractivity contribution is 0.0825. The van der Waals surface area contributed by atoms with E-state index in [0.29, 0.717) is 18.3 Å². The lowest BCUT2D eigenvalue weighted by Crippen LogP contribution is -2.36. The zero-order valence-corrected chi connectivity index (χ0v) is 16.4. The molecule has 5 heteroatoms. The minimum absolute atomic E-state index is 0.102. The zero-order valence-electron chi connectivity index (χ0n) is 16.4. The second kappa shape index (κ2) is 8.07. The molecule has 0 aliphatic carbocycles. The molecule has 0 atom stereocenters. The number of benzene rings is 2. The highest BCUT2D eigenvalue weighted by Gasteiger charge is 2.26. The summed E-state index contributed by atoms with van der Waals surface area (Å²) in [6.07, 6.45) is 1.73. The minimum Gasteiger partial charge on any atom is -0.338 e. The van der Waals surface area contributed by atoms with Gasteiger partial charge < -0.3 is 4.52 Å². The average molecular weight is 375 g/mol. The van der Waals surface area contributed by atoms with Crippen LogP contribution in [0.2, 0.25) is 0 Å². The van der Waals surface area contributed by atoms with Gasteiger partial charge in [-0.1, -0.05) is 64.8 Å². The van der Waals surface area contributed by atoms with Crippen LogP contribution in [0, 0.1) is 19.8 Å². The lowest BCUT2D eigenvalue weighted by Gasteiger charge is -2.30. The van der Waals surface area contributed by atoms with E-state index in [4.69, 9.17) is 4.52 Å². The Balaban J connectivity index is 1.33. The monoisotopic (exact) mass is 375 g/mol. The molecule has 144 valence electrons. The first-order valence-electron chi connectivity index (χ1n) is 9.81. The van der Waals surface area contributed by atoms with Crippen LogP contribution in [0.5, 0.6) is 0 Å². The minimum atomic E-state index is 0.102. The van der Waals surface area contributed by atoms with Crippen molar-refractivity contribution in [3.63, 3.8) is 0 Å². The van der Waals surface area contributed by atoms with Crippen molar-refractivity contribution in [3.8, 4) is 11.4 Å². The van der Waals surface area contributed by atoms with Gasteiger partial charge in [0.15, 0.2) is 5.78 Å². The van der Waals surface area contributed by atoms with Gasteiger partial charge in [0, 0.05) is 17.0 Å². The van der Waals surface area contributed by atoms with Crippen LogP contribution in [0.4, 0.5) is 0 Å². The third-order valence-electron chi connectivity index (χ3n) is 5.43. The molecule has 1 aliphatic heterocycles. The molecule has 0 spiro atoms. The normalized spacial score (nSPS) is 15.6. The largest absolute Gasteiger partial charge is 0.338 e. The Labute approximate surface area is 165 Å². The van der Waals surface area contributed by atoms with E-state index in [1.807, 2.05) is 55.5 Å². The summed E-state index contributed by atoms with van der Waals surface area (Å²) >= 11 is 0. The quantitative estimate of drug-likeness (QED) is 0.617. The Kier molecular flexibility index (Phi) is 5.35. The van der Waals surface area contributed by atoms with Crippen molar-refractivity contribution >= 4 is 5.78 Å². The van der Waals surface area contributed by atoms with Crippen molar-refractivity contribution < 1.29 is 9.32 Å². The van der Waals surface area contributed by atoms with Crippen molar-refractivity contribution in [2.45, 2.75) is 33.2 Å². The van der Waals surface area contributed by atoms with E-state index in [1.54, 1.807) is 0 Å². The van der Waals surface area contributed by atoms with E-state index in [9.17, 15) is 4.79 Å². The topological polar surface area (TPSA) is 59.2 Å². The van der Waals surface area contributed by atoms with Crippen molar-refractivity contribution in [1.29, 1.82) is 0 Å². The number of piperidine rings is 1.